The van der Waals surface area contributed by atoms with Crippen molar-refractivity contribution < 1.29 is 0 Å². The first-order valence-corrected chi connectivity index (χ1v) is 5.41. The number of halogens is 1. The summed E-state index contributed by atoms with van der Waals surface area (Å²) >= 11 is 6.36. The number of benzene rings is 1. The van der Waals surface area contributed by atoms with Crippen LogP contribution in [0.25, 0.3) is 22.3 Å². The Bertz CT molecular complexity index is 691. The molecule has 0 unspecified atom stereocenters. The van der Waals surface area contributed by atoms with Gasteiger partial charge in [0, 0.05) is 18.6 Å². The molecule has 84 valence electrons. The first kappa shape index (κ1) is 10.2. The van der Waals surface area contributed by atoms with E-state index in [9.17, 15) is 0 Å². The standard InChI is InChI=1S/C11H8ClN5/c1-17-11(14-15-16-17)8-6-13-9-5-3-2-4-7(9)10(8)12/h2-6H,1H3. The van der Waals surface area contributed by atoms with E-state index in [0.717, 1.165) is 16.5 Å². The Labute approximate surface area is 102 Å². The molecule has 3 rings (SSSR count). The van der Waals surface area contributed by atoms with Gasteiger partial charge in [0.1, 0.15) is 0 Å². The summed E-state index contributed by atoms with van der Waals surface area (Å²) < 4.78 is 1.57. The van der Waals surface area contributed by atoms with Crippen LogP contribution in [0, 0.1) is 0 Å². The lowest BCUT2D eigenvalue weighted by molar-refractivity contribution is 0.714. The van der Waals surface area contributed by atoms with E-state index in [1.54, 1.807) is 17.9 Å². The van der Waals surface area contributed by atoms with E-state index in [1.165, 1.54) is 0 Å². The molecule has 17 heavy (non-hydrogen) atoms. The number of rotatable bonds is 1. The maximum Gasteiger partial charge on any atom is 0.184 e. The zero-order valence-corrected chi connectivity index (χ0v) is 9.76. The van der Waals surface area contributed by atoms with Crippen LogP contribution in [0.1, 0.15) is 0 Å². The zero-order chi connectivity index (χ0) is 11.8. The Morgan fingerprint density at radius 2 is 2.06 bits per heavy atom. The van der Waals surface area contributed by atoms with Gasteiger partial charge < -0.3 is 0 Å². The van der Waals surface area contributed by atoms with E-state index >= 15 is 0 Å². The highest BCUT2D eigenvalue weighted by Crippen LogP contribution is 2.31. The lowest BCUT2D eigenvalue weighted by atomic mass is 10.1. The van der Waals surface area contributed by atoms with Gasteiger partial charge in [0.2, 0.25) is 0 Å². The van der Waals surface area contributed by atoms with Crippen LogP contribution in [0.15, 0.2) is 30.5 Å². The summed E-state index contributed by atoms with van der Waals surface area (Å²) in [6.07, 6.45) is 1.69. The molecule has 0 radical (unpaired) electrons. The molecular weight excluding hydrogens is 238 g/mol. The molecule has 1 aromatic carbocycles. The van der Waals surface area contributed by atoms with Gasteiger partial charge in [0.25, 0.3) is 0 Å². The fourth-order valence-electron chi connectivity index (χ4n) is 1.72. The third-order valence-corrected chi connectivity index (χ3v) is 2.98. The van der Waals surface area contributed by atoms with Gasteiger partial charge in [-0.2, -0.15) is 0 Å². The highest BCUT2D eigenvalue weighted by Gasteiger charge is 2.13. The molecule has 0 saturated carbocycles. The largest absolute Gasteiger partial charge is 0.255 e. The van der Waals surface area contributed by atoms with Crippen molar-refractivity contribution >= 4 is 22.5 Å². The summed E-state index contributed by atoms with van der Waals surface area (Å²) in [5.74, 6) is 0.605. The van der Waals surface area contributed by atoms with Crippen LogP contribution in [0.2, 0.25) is 5.02 Å². The summed E-state index contributed by atoms with van der Waals surface area (Å²) in [6, 6.07) is 7.70. The lowest BCUT2D eigenvalue weighted by Gasteiger charge is -2.05. The highest BCUT2D eigenvalue weighted by molar-refractivity contribution is 6.37. The maximum absolute atomic E-state index is 6.36. The molecule has 0 aliphatic heterocycles. The third kappa shape index (κ3) is 1.55. The summed E-state index contributed by atoms with van der Waals surface area (Å²) in [7, 11) is 1.76. The number of tetrazole rings is 1. The van der Waals surface area contributed by atoms with Crippen molar-refractivity contribution in [2.45, 2.75) is 0 Å². The summed E-state index contributed by atoms with van der Waals surface area (Å²) in [5.41, 5.74) is 1.59. The minimum atomic E-state index is 0.605. The van der Waals surface area contributed by atoms with E-state index in [4.69, 9.17) is 11.6 Å². The smallest absolute Gasteiger partial charge is 0.184 e. The van der Waals surface area contributed by atoms with Gasteiger partial charge in [-0.3, -0.25) is 4.98 Å². The number of fused-ring (bicyclic) bond motifs is 1. The van der Waals surface area contributed by atoms with Crippen molar-refractivity contribution in [3.8, 4) is 11.4 Å². The van der Waals surface area contributed by atoms with Crippen LogP contribution in [0.5, 0.6) is 0 Å². The molecule has 0 aliphatic carbocycles. The SMILES string of the molecule is Cn1nnnc1-c1cnc2ccccc2c1Cl. The topological polar surface area (TPSA) is 56.5 Å². The second kappa shape index (κ2) is 3.78. The fourth-order valence-corrected chi connectivity index (χ4v) is 2.01. The van der Waals surface area contributed by atoms with Crippen LogP contribution in [-0.4, -0.2) is 25.2 Å². The molecule has 2 aromatic heterocycles. The molecule has 6 heteroatoms. The Morgan fingerprint density at radius 1 is 1.24 bits per heavy atom. The van der Waals surface area contributed by atoms with Crippen molar-refractivity contribution in [3.05, 3.63) is 35.5 Å². The normalized spacial score (nSPS) is 10.9. The monoisotopic (exact) mass is 245 g/mol. The van der Waals surface area contributed by atoms with Crippen molar-refractivity contribution in [2.24, 2.45) is 7.05 Å². The van der Waals surface area contributed by atoms with E-state index in [-0.39, 0.29) is 0 Å². The Kier molecular flexibility index (Phi) is 2.26. The molecule has 0 bridgehead atoms. The fraction of sp³-hybridized carbons (Fsp3) is 0.0909. The van der Waals surface area contributed by atoms with Crippen molar-refractivity contribution in [1.29, 1.82) is 0 Å². The Balaban J connectivity index is 2.32. The van der Waals surface area contributed by atoms with Gasteiger partial charge >= 0.3 is 0 Å². The molecule has 0 atom stereocenters. The quantitative estimate of drug-likeness (QED) is 0.659. The average Bonchev–Trinajstić information content (AvgIpc) is 2.76. The van der Waals surface area contributed by atoms with Crippen molar-refractivity contribution in [2.75, 3.05) is 0 Å². The van der Waals surface area contributed by atoms with Crippen LogP contribution >= 0.6 is 11.6 Å². The first-order valence-electron chi connectivity index (χ1n) is 5.03. The van der Waals surface area contributed by atoms with Gasteiger partial charge in [-0.25, -0.2) is 4.68 Å². The minimum Gasteiger partial charge on any atom is -0.255 e. The molecule has 0 N–H and O–H groups in total. The van der Waals surface area contributed by atoms with Gasteiger partial charge in [-0.1, -0.05) is 29.8 Å². The number of aryl methyl sites for hydroxylation is 1. The number of hydrogen-bond acceptors (Lipinski definition) is 4. The Hall–Kier alpha value is -2.01. The number of para-hydroxylation sites is 1. The number of nitrogens with zero attached hydrogens (tertiary/aromatic N) is 5. The van der Waals surface area contributed by atoms with E-state index in [1.807, 2.05) is 24.3 Å². The first-order chi connectivity index (χ1) is 8.27. The molecule has 0 fully saturated rings. The van der Waals surface area contributed by atoms with E-state index in [0.29, 0.717) is 10.8 Å². The number of pyridine rings is 1. The molecule has 0 aliphatic rings. The molecule has 5 nitrogen and oxygen atoms in total. The third-order valence-electron chi connectivity index (χ3n) is 2.57. The van der Waals surface area contributed by atoms with Gasteiger partial charge in [0.05, 0.1) is 16.1 Å². The van der Waals surface area contributed by atoms with Crippen LogP contribution in [0.3, 0.4) is 0 Å². The maximum atomic E-state index is 6.36. The molecule has 0 saturated heterocycles. The zero-order valence-electron chi connectivity index (χ0n) is 9.00. The van der Waals surface area contributed by atoms with Gasteiger partial charge in [0.15, 0.2) is 5.82 Å². The van der Waals surface area contributed by atoms with Gasteiger partial charge in [-0.15, -0.1) is 5.10 Å². The predicted molar refractivity (Wildman–Crippen MR) is 64.5 cm³/mol. The summed E-state index contributed by atoms with van der Waals surface area (Å²) in [6.45, 7) is 0. The van der Waals surface area contributed by atoms with E-state index in [2.05, 4.69) is 20.5 Å². The molecule has 0 amide bonds. The van der Waals surface area contributed by atoms with Crippen LogP contribution in [-0.2, 0) is 7.05 Å². The number of hydrogen-bond donors (Lipinski definition) is 0. The average molecular weight is 246 g/mol. The molecule has 0 spiro atoms. The predicted octanol–water partition coefficient (Wildman–Crippen LogP) is 2.08. The van der Waals surface area contributed by atoms with Gasteiger partial charge in [-0.05, 0) is 16.5 Å². The Morgan fingerprint density at radius 3 is 2.82 bits per heavy atom. The second-order valence-electron chi connectivity index (χ2n) is 3.63. The van der Waals surface area contributed by atoms with Crippen LogP contribution < -0.4 is 0 Å². The highest BCUT2D eigenvalue weighted by atomic mass is 35.5. The van der Waals surface area contributed by atoms with E-state index < -0.39 is 0 Å². The second-order valence-corrected chi connectivity index (χ2v) is 4.01. The van der Waals surface area contributed by atoms with Crippen molar-refractivity contribution in [1.82, 2.24) is 25.2 Å². The summed E-state index contributed by atoms with van der Waals surface area (Å²) in [5, 5.41) is 12.8. The molecular formula is C11H8ClN5. The lowest BCUT2D eigenvalue weighted by Crippen LogP contribution is -1.96. The number of aromatic nitrogens is 5. The summed E-state index contributed by atoms with van der Waals surface area (Å²) in [4.78, 5) is 4.35. The molecule has 2 heterocycles. The van der Waals surface area contributed by atoms with Crippen LogP contribution in [0.4, 0.5) is 0 Å². The molecule has 3 aromatic rings. The minimum absolute atomic E-state index is 0.605. The van der Waals surface area contributed by atoms with Crippen molar-refractivity contribution in [3.63, 3.8) is 0 Å².